The Morgan fingerprint density at radius 3 is 2.69 bits per heavy atom. The second-order valence-corrected chi connectivity index (χ2v) is 9.74. The lowest BCUT2D eigenvalue weighted by Crippen LogP contribution is -2.25. The highest BCUT2D eigenvalue weighted by Gasteiger charge is 2.37. The minimum absolute atomic E-state index is 0.0457. The third-order valence-corrected chi connectivity index (χ3v) is 7.23. The first-order valence-electron chi connectivity index (χ1n) is 8.88. The normalized spacial score (nSPS) is 19.9. The number of rotatable bonds is 7. The molecule has 29 heavy (non-hydrogen) atoms. The molecular formula is C17H17FN4O5S2. The molecule has 1 aliphatic carbocycles. The molecule has 1 amide bonds. The number of anilines is 1. The molecule has 2 fully saturated rings. The number of amides is 1. The average molecular weight is 440 g/mol. The Labute approximate surface area is 169 Å². The lowest BCUT2D eigenvalue weighted by Gasteiger charge is -2.10. The number of hydrogen-bond donors (Lipinski definition) is 1. The molecular weight excluding hydrogens is 423 g/mol. The van der Waals surface area contributed by atoms with Crippen molar-refractivity contribution in [3.8, 4) is 0 Å². The third kappa shape index (κ3) is 4.60. The number of ether oxygens (including phenoxy) is 1. The van der Waals surface area contributed by atoms with E-state index in [-0.39, 0.29) is 32.8 Å². The van der Waals surface area contributed by atoms with E-state index in [4.69, 9.17) is 9.57 Å². The van der Waals surface area contributed by atoms with Crippen LogP contribution >= 0.6 is 11.3 Å². The molecule has 4 rings (SSSR count). The van der Waals surface area contributed by atoms with E-state index in [0.29, 0.717) is 43.8 Å². The molecule has 0 aromatic carbocycles. The van der Waals surface area contributed by atoms with E-state index in [1.54, 1.807) is 0 Å². The van der Waals surface area contributed by atoms with Gasteiger partial charge < -0.3 is 9.57 Å². The van der Waals surface area contributed by atoms with Crippen LogP contribution in [0.5, 0.6) is 0 Å². The number of hydrogen-bond acceptors (Lipinski definition) is 9. The van der Waals surface area contributed by atoms with Crippen molar-refractivity contribution in [1.29, 1.82) is 0 Å². The van der Waals surface area contributed by atoms with Crippen molar-refractivity contribution < 1.29 is 27.2 Å². The van der Waals surface area contributed by atoms with E-state index in [2.05, 4.69) is 20.4 Å². The molecule has 0 unspecified atom stereocenters. The zero-order valence-corrected chi connectivity index (χ0v) is 16.7. The summed E-state index contributed by atoms with van der Waals surface area (Å²) >= 11 is 0.668. The molecule has 1 saturated heterocycles. The number of thiazole rings is 1. The van der Waals surface area contributed by atoms with Gasteiger partial charge in [0.15, 0.2) is 36.9 Å². The molecule has 3 heterocycles. The lowest BCUT2D eigenvalue weighted by atomic mass is 10.2. The lowest BCUT2D eigenvalue weighted by molar-refractivity contribution is -0.110. The van der Waals surface area contributed by atoms with Gasteiger partial charge in [-0.05, 0) is 25.0 Å². The van der Waals surface area contributed by atoms with Gasteiger partial charge >= 0.3 is 0 Å². The third-order valence-electron chi connectivity index (χ3n) is 4.36. The molecule has 0 radical (unpaired) electrons. The van der Waals surface area contributed by atoms with Crippen LogP contribution in [0.25, 0.3) is 0 Å². The van der Waals surface area contributed by atoms with Crippen molar-refractivity contribution >= 4 is 37.9 Å². The largest absolute Gasteiger partial charge is 0.389 e. The highest BCUT2D eigenvalue weighted by atomic mass is 32.2. The Kier molecular flexibility index (Phi) is 5.56. The highest BCUT2D eigenvalue weighted by Crippen LogP contribution is 2.32. The number of carbonyl (C=O) groups is 1. The van der Waals surface area contributed by atoms with Crippen molar-refractivity contribution in [2.75, 3.05) is 18.5 Å². The second kappa shape index (κ2) is 8.13. The molecule has 0 bridgehead atoms. The van der Waals surface area contributed by atoms with Gasteiger partial charge in [-0.3, -0.25) is 10.1 Å². The first-order chi connectivity index (χ1) is 13.9. The van der Waals surface area contributed by atoms with Crippen LogP contribution in [0.3, 0.4) is 0 Å². The van der Waals surface area contributed by atoms with Gasteiger partial charge in [0, 0.05) is 18.2 Å². The number of sulfone groups is 1. The number of nitrogens with zero attached hydrogens (tertiary/aromatic N) is 3. The second-order valence-electron chi connectivity index (χ2n) is 6.58. The van der Waals surface area contributed by atoms with E-state index in [9.17, 15) is 17.6 Å². The number of nitrogens with one attached hydrogen (secondary N) is 1. The van der Waals surface area contributed by atoms with Crippen molar-refractivity contribution in [2.24, 2.45) is 5.16 Å². The highest BCUT2D eigenvalue weighted by molar-refractivity contribution is 7.92. The van der Waals surface area contributed by atoms with E-state index in [1.807, 2.05) is 0 Å². The molecule has 1 atom stereocenters. The average Bonchev–Trinajstić information content (AvgIpc) is 3.31. The van der Waals surface area contributed by atoms with E-state index < -0.39 is 20.9 Å². The zero-order chi connectivity index (χ0) is 20.4. The zero-order valence-electron chi connectivity index (χ0n) is 15.1. The van der Waals surface area contributed by atoms with Crippen LogP contribution in [0.15, 0.2) is 34.7 Å². The fourth-order valence-electron chi connectivity index (χ4n) is 2.65. The molecule has 2 aliphatic rings. The minimum atomic E-state index is -3.45. The predicted octanol–water partition coefficient (Wildman–Crippen LogP) is 1.76. The Morgan fingerprint density at radius 1 is 1.28 bits per heavy atom. The summed E-state index contributed by atoms with van der Waals surface area (Å²) < 4.78 is 43.0. The van der Waals surface area contributed by atoms with Gasteiger partial charge in [-0.25, -0.2) is 18.4 Å². The maximum Gasteiger partial charge on any atom is 0.280 e. The molecule has 9 nitrogen and oxygen atoms in total. The smallest absolute Gasteiger partial charge is 0.280 e. The number of pyridine rings is 1. The molecule has 1 saturated carbocycles. The number of oxime groups is 1. The molecule has 1 aliphatic heterocycles. The summed E-state index contributed by atoms with van der Waals surface area (Å²) in [4.78, 5) is 25.8. The van der Waals surface area contributed by atoms with Crippen molar-refractivity contribution in [2.45, 2.75) is 35.6 Å². The first kappa shape index (κ1) is 19.9. The molecule has 12 heteroatoms. The standard InChI is InChI=1S/C17H17FN4O5S2/c18-13-8-20-17(28-13)21-16(23)15(22-27-11-5-6-26-9-11)10-1-4-14(19-7-10)29(24,25)12-2-3-12/h1,4,7-8,11-12H,2-3,5-6,9H2,(H,20,21,23)/t11-/m1/s1. The van der Waals surface area contributed by atoms with Crippen molar-refractivity contribution in [1.82, 2.24) is 9.97 Å². The number of aromatic nitrogens is 2. The first-order valence-corrected chi connectivity index (χ1v) is 11.2. The Morgan fingerprint density at radius 2 is 2.10 bits per heavy atom. The summed E-state index contributed by atoms with van der Waals surface area (Å²) in [6.07, 6.45) is 3.84. The monoisotopic (exact) mass is 440 g/mol. The molecule has 1 N–H and O–H groups in total. The van der Waals surface area contributed by atoms with Crippen LogP contribution in [0, 0.1) is 5.13 Å². The Balaban J connectivity index is 1.58. The summed E-state index contributed by atoms with van der Waals surface area (Å²) in [5.74, 6) is -0.683. The van der Waals surface area contributed by atoms with Crippen molar-refractivity contribution in [3.05, 3.63) is 35.2 Å². The molecule has 154 valence electrons. The Hall–Kier alpha value is -2.44. The van der Waals surface area contributed by atoms with E-state index in [0.717, 1.165) is 6.20 Å². The van der Waals surface area contributed by atoms with Gasteiger partial charge in [0.05, 0.1) is 24.7 Å². The fourth-order valence-corrected chi connectivity index (χ4v) is 4.75. The van der Waals surface area contributed by atoms with Gasteiger partial charge in [0.1, 0.15) is 0 Å². The summed E-state index contributed by atoms with van der Waals surface area (Å²) in [7, 11) is -3.45. The van der Waals surface area contributed by atoms with E-state index >= 15 is 0 Å². The minimum Gasteiger partial charge on any atom is -0.389 e. The predicted molar refractivity (Wildman–Crippen MR) is 102 cm³/mol. The van der Waals surface area contributed by atoms with Crippen LogP contribution in [-0.4, -0.2) is 54.6 Å². The summed E-state index contributed by atoms with van der Waals surface area (Å²) in [5, 5.41) is 5.47. The molecule has 2 aromatic heterocycles. The van der Waals surface area contributed by atoms with Gasteiger partial charge in [0.2, 0.25) is 0 Å². The summed E-state index contributed by atoms with van der Waals surface area (Å²) in [6.45, 7) is 0.891. The van der Waals surface area contributed by atoms with Crippen LogP contribution in [0.2, 0.25) is 0 Å². The van der Waals surface area contributed by atoms with Crippen molar-refractivity contribution in [3.63, 3.8) is 0 Å². The topological polar surface area (TPSA) is 120 Å². The summed E-state index contributed by atoms with van der Waals surface area (Å²) in [6, 6.07) is 2.78. The maximum atomic E-state index is 13.1. The van der Waals surface area contributed by atoms with Crippen LogP contribution in [0.4, 0.5) is 9.52 Å². The van der Waals surface area contributed by atoms with E-state index in [1.165, 1.54) is 18.3 Å². The fraction of sp³-hybridized carbons (Fsp3) is 0.412. The van der Waals surface area contributed by atoms with Gasteiger partial charge in [-0.1, -0.05) is 16.5 Å². The van der Waals surface area contributed by atoms with Crippen LogP contribution in [-0.2, 0) is 24.2 Å². The Bertz CT molecular complexity index is 1030. The van der Waals surface area contributed by atoms with Gasteiger partial charge in [-0.15, -0.1) is 0 Å². The summed E-state index contributed by atoms with van der Waals surface area (Å²) in [5.41, 5.74) is 0.128. The molecule has 0 spiro atoms. The quantitative estimate of drug-likeness (QED) is 0.515. The number of halogens is 1. The van der Waals surface area contributed by atoms with Gasteiger partial charge in [-0.2, -0.15) is 4.39 Å². The van der Waals surface area contributed by atoms with Crippen LogP contribution in [0.1, 0.15) is 24.8 Å². The van der Waals surface area contributed by atoms with Gasteiger partial charge in [0.25, 0.3) is 5.91 Å². The number of carbonyl (C=O) groups excluding carboxylic acids is 1. The molecule has 2 aromatic rings. The maximum absolute atomic E-state index is 13.1. The van der Waals surface area contributed by atoms with Crippen LogP contribution < -0.4 is 5.32 Å². The SMILES string of the molecule is O=C(Nc1ncc(F)s1)C(=NO[C@@H]1CCOC1)c1ccc(S(=O)(=O)C2CC2)nc1.